The molecule has 0 unspecified atom stereocenters. The molecule has 21 heavy (non-hydrogen) atoms. The summed E-state index contributed by atoms with van der Waals surface area (Å²) in [5.74, 6) is -0.548. The molecule has 0 aliphatic carbocycles. The van der Waals surface area contributed by atoms with E-state index in [9.17, 15) is 13.2 Å². The summed E-state index contributed by atoms with van der Waals surface area (Å²) in [4.78, 5) is 11.8. The van der Waals surface area contributed by atoms with Crippen LogP contribution in [0.25, 0.3) is 0 Å². The third kappa shape index (κ3) is 3.35. The summed E-state index contributed by atoms with van der Waals surface area (Å²) >= 11 is 1.03. The number of hydrogen-bond acceptors (Lipinski definition) is 7. The number of benzene rings is 1. The van der Waals surface area contributed by atoms with E-state index in [0.29, 0.717) is 5.56 Å². The number of aromatic nitrogens is 2. The number of rotatable bonds is 4. The molecule has 112 valence electrons. The van der Waals surface area contributed by atoms with Crippen molar-refractivity contribution in [2.24, 2.45) is 5.14 Å². The Kier molecular flexibility index (Phi) is 4.21. The topological polar surface area (TPSA) is 124 Å². The van der Waals surface area contributed by atoms with E-state index in [0.717, 1.165) is 11.5 Å². The molecule has 0 saturated heterocycles. The summed E-state index contributed by atoms with van der Waals surface area (Å²) < 4.78 is 31.8. The number of nitrogens with one attached hydrogen (secondary N) is 1. The van der Waals surface area contributed by atoms with E-state index >= 15 is 0 Å². The van der Waals surface area contributed by atoms with Crippen molar-refractivity contribution < 1.29 is 17.9 Å². The molecule has 0 radical (unpaired) electrons. The number of carbonyl (C=O) groups excluding carboxylic acids is 1. The minimum atomic E-state index is -3.98. The van der Waals surface area contributed by atoms with Crippen LogP contribution in [0.3, 0.4) is 0 Å². The highest BCUT2D eigenvalue weighted by Gasteiger charge is 2.21. The average molecular weight is 328 g/mol. The van der Waals surface area contributed by atoms with Crippen LogP contribution in [0.4, 0.5) is 5.69 Å². The first-order valence-electron chi connectivity index (χ1n) is 5.62. The number of primary sulfonamides is 1. The van der Waals surface area contributed by atoms with Crippen LogP contribution in [-0.2, 0) is 10.0 Å². The van der Waals surface area contributed by atoms with Crippen molar-refractivity contribution in [1.82, 2.24) is 9.59 Å². The summed E-state index contributed by atoms with van der Waals surface area (Å²) in [6.07, 6.45) is 0. The van der Waals surface area contributed by atoms with Gasteiger partial charge in [0.1, 0.15) is 4.90 Å². The van der Waals surface area contributed by atoms with Gasteiger partial charge < -0.3 is 10.1 Å². The zero-order valence-electron chi connectivity index (χ0n) is 11.2. The molecule has 10 heteroatoms. The highest BCUT2D eigenvalue weighted by molar-refractivity contribution is 7.89. The number of sulfonamides is 1. The van der Waals surface area contributed by atoms with E-state index < -0.39 is 15.9 Å². The fraction of sp³-hybridized carbons (Fsp3) is 0.182. The van der Waals surface area contributed by atoms with Gasteiger partial charge in [-0.05, 0) is 36.2 Å². The summed E-state index contributed by atoms with van der Waals surface area (Å²) in [7, 11) is -2.69. The molecule has 0 bridgehead atoms. The first-order chi connectivity index (χ1) is 9.82. The maximum atomic E-state index is 12.0. The number of amides is 1. The molecule has 0 fully saturated rings. The normalized spacial score (nSPS) is 11.2. The minimum absolute atomic E-state index is 0.0281. The van der Waals surface area contributed by atoms with Gasteiger partial charge in [-0.25, -0.2) is 13.6 Å². The third-order valence-electron chi connectivity index (χ3n) is 2.55. The Morgan fingerprint density at radius 2 is 2.14 bits per heavy atom. The zero-order valence-corrected chi connectivity index (χ0v) is 12.8. The minimum Gasteiger partial charge on any atom is -0.493 e. The average Bonchev–Trinajstić information content (AvgIpc) is 2.91. The summed E-state index contributed by atoms with van der Waals surface area (Å²) in [6, 6.07) is 2.94. The van der Waals surface area contributed by atoms with Gasteiger partial charge in [0, 0.05) is 5.38 Å². The smallest absolute Gasteiger partial charge is 0.277 e. The van der Waals surface area contributed by atoms with E-state index in [4.69, 9.17) is 9.88 Å². The van der Waals surface area contributed by atoms with Gasteiger partial charge in [-0.3, -0.25) is 4.79 Å². The molecule has 1 amide bonds. The lowest BCUT2D eigenvalue weighted by molar-refractivity contribution is 0.102. The van der Waals surface area contributed by atoms with E-state index in [1.165, 1.54) is 18.6 Å². The molecule has 0 aliphatic rings. The van der Waals surface area contributed by atoms with Crippen LogP contribution in [0.15, 0.2) is 22.4 Å². The molecule has 2 rings (SSSR count). The van der Waals surface area contributed by atoms with Crippen LogP contribution < -0.4 is 15.2 Å². The van der Waals surface area contributed by atoms with Gasteiger partial charge in [-0.1, -0.05) is 4.49 Å². The Labute approximate surface area is 125 Å². The summed E-state index contributed by atoms with van der Waals surface area (Å²) in [5, 5.41) is 12.8. The van der Waals surface area contributed by atoms with Crippen molar-refractivity contribution in [2.45, 2.75) is 11.8 Å². The van der Waals surface area contributed by atoms with E-state index in [1.807, 2.05) is 0 Å². The van der Waals surface area contributed by atoms with Gasteiger partial charge in [-0.2, -0.15) is 0 Å². The van der Waals surface area contributed by atoms with Gasteiger partial charge in [-0.15, -0.1) is 5.10 Å². The standard InChI is InChI=1S/C11H12N4O4S2/c1-6-3-7(13-11(16)8-5-20-15-14-8)10(19-2)9(4-6)21(12,17)18/h3-5H,1-2H3,(H,13,16)(H2,12,17,18). The molecule has 0 saturated carbocycles. The Hall–Kier alpha value is -2.04. The number of carbonyl (C=O) groups is 1. The Balaban J connectivity index is 2.49. The first kappa shape index (κ1) is 15.4. The SMILES string of the molecule is COc1c(NC(=O)c2csnn2)cc(C)cc1S(N)(=O)=O. The molecule has 8 nitrogen and oxygen atoms in total. The number of aryl methyl sites for hydroxylation is 1. The van der Waals surface area contributed by atoms with Gasteiger partial charge in [0.25, 0.3) is 5.91 Å². The molecule has 0 atom stereocenters. The van der Waals surface area contributed by atoms with Gasteiger partial charge in [0.15, 0.2) is 11.4 Å². The Bertz CT molecular complexity index is 772. The highest BCUT2D eigenvalue weighted by Crippen LogP contribution is 2.33. The van der Waals surface area contributed by atoms with Gasteiger partial charge in [0.05, 0.1) is 12.8 Å². The zero-order chi connectivity index (χ0) is 15.6. The molecule has 1 heterocycles. The number of nitrogens with zero attached hydrogens (tertiary/aromatic N) is 2. The summed E-state index contributed by atoms with van der Waals surface area (Å²) in [6.45, 7) is 1.67. The molecular weight excluding hydrogens is 316 g/mol. The molecule has 2 aromatic rings. The lowest BCUT2D eigenvalue weighted by atomic mass is 10.2. The van der Waals surface area contributed by atoms with E-state index in [2.05, 4.69) is 14.9 Å². The van der Waals surface area contributed by atoms with Crippen molar-refractivity contribution in [3.8, 4) is 5.75 Å². The third-order valence-corrected chi connectivity index (χ3v) is 3.97. The molecule has 0 aliphatic heterocycles. The quantitative estimate of drug-likeness (QED) is 0.853. The number of hydrogen-bond donors (Lipinski definition) is 2. The van der Waals surface area contributed by atoms with Crippen LogP contribution in [0.2, 0.25) is 0 Å². The molecule has 1 aromatic heterocycles. The first-order valence-corrected chi connectivity index (χ1v) is 8.01. The predicted octanol–water partition coefficient (Wildman–Crippen LogP) is 0.755. The van der Waals surface area contributed by atoms with Crippen molar-refractivity contribution >= 4 is 33.2 Å². The van der Waals surface area contributed by atoms with E-state index in [1.54, 1.807) is 13.0 Å². The maximum Gasteiger partial charge on any atom is 0.277 e. The van der Waals surface area contributed by atoms with Gasteiger partial charge >= 0.3 is 0 Å². The number of anilines is 1. The van der Waals surface area contributed by atoms with Crippen LogP contribution in [0.1, 0.15) is 16.1 Å². The second-order valence-corrected chi connectivity index (χ2v) is 6.27. The van der Waals surface area contributed by atoms with Crippen LogP contribution in [0, 0.1) is 6.92 Å². The van der Waals surface area contributed by atoms with Crippen molar-refractivity contribution in [3.63, 3.8) is 0 Å². The van der Waals surface area contributed by atoms with Gasteiger partial charge in [0.2, 0.25) is 10.0 Å². The lowest BCUT2D eigenvalue weighted by Gasteiger charge is -2.14. The largest absolute Gasteiger partial charge is 0.493 e. The second kappa shape index (κ2) is 5.76. The highest BCUT2D eigenvalue weighted by atomic mass is 32.2. The second-order valence-electron chi connectivity index (χ2n) is 4.13. The number of nitrogens with two attached hydrogens (primary N) is 1. The molecule has 3 N–H and O–H groups in total. The monoisotopic (exact) mass is 328 g/mol. The number of methoxy groups -OCH3 is 1. The van der Waals surface area contributed by atoms with Crippen molar-refractivity contribution in [2.75, 3.05) is 12.4 Å². The lowest BCUT2D eigenvalue weighted by Crippen LogP contribution is -2.17. The Morgan fingerprint density at radius 3 is 2.67 bits per heavy atom. The van der Waals surface area contributed by atoms with E-state index in [-0.39, 0.29) is 22.0 Å². The van der Waals surface area contributed by atoms with Crippen molar-refractivity contribution in [1.29, 1.82) is 0 Å². The van der Waals surface area contributed by atoms with Crippen LogP contribution in [0.5, 0.6) is 5.75 Å². The predicted molar refractivity (Wildman–Crippen MR) is 77.0 cm³/mol. The number of ether oxygens (including phenoxy) is 1. The fourth-order valence-corrected chi connectivity index (χ4v) is 2.94. The van der Waals surface area contributed by atoms with Crippen LogP contribution in [-0.4, -0.2) is 31.0 Å². The summed E-state index contributed by atoms with van der Waals surface area (Å²) in [5.41, 5.74) is 0.923. The fourth-order valence-electron chi connectivity index (χ4n) is 1.70. The van der Waals surface area contributed by atoms with Crippen molar-refractivity contribution in [3.05, 3.63) is 28.8 Å². The Morgan fingerprint density at radius 1 is 1.43 bits per heavy atom. The maximum absolute atomic E-state index is 12.0. The molecule has 1 aromatic carbocycles. The van der Waals surface area contributed by atoms with Crippen LogP contribution >= 0.6 is 11.5 Å². The molecular formula is C11H12N4O4S2. The molecule has 0 spiro atoms.